The van der Waals surface area contributed by atoms with E-state index < -0.39 is 76.8 Å². The van der Waals surface area contributed by atoms with Crippen LogP contribution in [0.1, 0.15) is 45.0 Å². The van der Waals surface area contributed by atoms with Crippen LogP contribution >= 0.6 is 0 Å². The number of phenols is 1. The summed E-state index contributed by atoms with van der Waals surface area (Å²) in [5, 5.41) is 32.6. The number of halogens is 2. The molecule has 45 heavy (non-hydrogen) atoms. The number of fused-ring (bicyclic) bond motifs is 7. The van der Waals surface area contributed by atoms with Gasteiger partial charge in [0.25, 0.3) is 0 Å². The highest BCUT2D eigenvalue weighted by Gasteiger charge is 2.80. The summed E-state index contributed by atoms with van der Waals surface area (Å²) in [5.41, 5.74) is -0.295. The van der Waals surface area contributed by atoms with Gasteiger partial charge in [-0.05, 0) is 92.3 Å². The smallest absolute Gasteiger partial charge is 0.193 e. The first-order valence-electron chi connectivity index (χ1n) is 15.1. The second-order valence-electron chi connectivity index (χ2n) is 13.4. The number of hydrogen-bond acceptors (Lipinski definition) is 9. The molecule has 0 radical (unpaired) electrons. The van der Waals surface area contributed by atoms with Gasteiger partial charge in [0.2, 0.25) is 0 Å². The Morgan fingerprint density at radius 2 is 1.87 bits per heavy atom. The minimum Gasteiger partial charge on any atom is -0.504 e. The van der Waals surface area contributed by atoms with E-state index in [2.05, 4.69) is 0 Å². The van der Waals surface area contributed by atoms with Crippen molar-refractivity contribution in [2.45, 2.75) is 69.0 Å². The maximum absolute atomic E-state index is 17.5. The van der Waals surface area contributed by atoms with Gasteiger partial charge in [-0.15, -0.1) is 0 Å². The second kappa shape index (κ2) is 9.93. The summed E-state index contributed by atoms with van der Waals surface area (Å²) < 4.78 is 51.9. The van der Waals surface area contributed by atoms with E-state index >= 15 is 8.78 Å². The summed E-state index contributed by atoms with van der Waals surface area (Å²) in [7, 11) is 0. The van der Waals surface area contributed by atoms with Gasteiger partial charge in [-0.3, -0.25) is 9.59 Å². The zero-order valence-electron chi connectivity index (χ0n) is 24.8. The number of ketones is 2. The van der Waals surface area contributed by atoms with Crippen molar-refractivity contribution in [1.29, 1.82) is 0 Å². The summed E-state index contributed by atoms with van der Waals surface area (Å²) in [4.78, 5) is 25.8. The number of aliphatic hydroxyl groups excluding tert-OH is 2. The van der Waals surface area contributed by atoms with Crippen LogP contribution in [0.4, 0.5) is 14.5 Å². The van der Waals surface area contributed by atoms with E-state index in [0.717, 1.165) is 6.08 Å². The molecule has 0 amide bonds. The number of phenolic OH excluding ortho intramolecular Hbond substituents is 1. The Morgan fingerprint density at radius 1 is 1.13 bits per heavy atom. The molecule has 1 unspecified atom stereocenters. The molecule has 5 aliphatic rings. The summed E-state index contributed by atoms with van der Waals surface area (Å²) in [5.74, 6) is -2.45. The Bertz CT molecular complexity index is 1640. The average molecular weight is 624 g/mol. The Kier molecular flexibility index (Phi) is 6.63. The lowest BCUT2D eigenvalue weighted by molar-refractivity contribution is -0.235. The molecule has 2 aromatic rings. The number of rotatable bonds is 5. The van der Waals surface area contributed by atoms with E-state index in [1.165, 1.54) is 31.2 Å². The number of benzene rings is 2. The minimum absolute atomic E-state index is 0.00642. The molecule has 0 bridgehead atoms. The SMILES string of the molecule is C[C@]12C=CC(=O)C=C1[C@@H](F)C[C@H]1C3C[C@H]4O[C@@H](c5ccc(Oc6ccc(N)cc6)c(O)c5)O[C@@]4(C(=O)CO)[C@@]3(C)C[C@H](O)[C@@]12F. The average Bonchev–Trinajstić information content (AvgIpc) is 3.51. The molecule has 238 valence electrons. The number of hydrogen-bond donors (Lipinski definition) is 4. The topological polar surface area (TPSA) is 149 Å². The number of carbonyl (C=O) groups excluding carboxylic acids is 2. The van der Waals surface area contributed by atoms with Crippen LogP contribution in [0.3, 0.4) is 0 Å². The van der Waals surface area contributed by atoms with E-state index in [4.69, 9.17) is 19.9 Å². The summed E-state index contributed by atoms with van der Waals surface area (Å²) >= 11 is 0. The Balaban J connectivity index is 1.22. The number of alkyl halides is 2. The normalized spacial score (nSPS) is 41.5. The van der Waals surface area contributed by atoms with Crippen LogP contribution in [0.15, 0.2) is 66.3 Å². The molecule has 9 nitrogen and oxygen atoms in total. The molecule has 10 atom stereocenters. The molecule has 4 fully saturated rings. The Morgan fingerprint density at radius 3 is 2.56 bits per heavy atom. The van der Waals surface area contributed by atoms with Crippen molar-refractivity contribution in [2.75, 3.05) is 12.3 Å². The van der Waals surface area contributed by atoms with Crippen LogP contribution in [0.2, 0.25) is 0 Å². The molecule has 3 saturated carbocycles. The van der Waals surface area contributed by atoms with Crippen molar-refractivity contribution in [3.63, 3.8) is 0 Å². The fourth-order valence-corrected chi connectivity index (χ4v) is 9.14. The van der Waals surface area contributed by atoms with Gasteiger partial charge in [0.1, 0.15) is 18.5 Å². The molecule has 4 aliphatic carbocycles. The Labute approximate surface area is 258 Å². The number of carbonyl (C=O) groups is 2. The summed E-state index contributed by atoms with van der Waals surface area (Å²) in [6.45, 7) is 2.33. The molecule has 1 heterocycles. The largest absolute Gasteiger partial charge is 0.504 e. The number of nitrogen functional groups attached to an aromatic ring is 1. The van der Waals surface area contributed by atoms with Crippen molar-refractivity contribution in [2.24, 2.45) is 22.7 Å². The minimum atomic E-state index is -2.34. The van der Waals surface area contributed by atoms with Gasteiger partial charge in [0.05, 0.1) is 12.2 Å². The molecule has 0 aromatic heterocycles. The van der Waals surface area contributed by atoms with Crippen LogP contribution in [0.25, 0.3) is 0 Å². The fraction of sp³-hybridized carbons (Fsp3) is 0.471. The van der Waals surface area contributed by atoms with Gasteiger partial charge in [-0.25, -0.2) is 8.78 Å². The molecule has 11 heteroatoms. The van der Waals surface area contributed by atoms with Crippen molar-refractivity contribution in [3.05, 3.63) is 71.8 Å². The monoisotopic (exact) mass is 623 g/mol. The van der Waals surface area contributed by atoms with Gasteiger partial charge in [0.15, 0.2) is 40.6 Å². The summed E-state index contributed by atoms with van der Waals surface area (Å²) in [6, 6.07) is 11.1. The van der Waals surface area contributed by atoms with Crippen LogP contribution < -0.4 is 10.5 Å². The highest BCUT2D eigenvalue weighted by Crippen LogP contribution is 2.72. The van der Waals surface area contributed by atoms with E-state index in [1.807, 2.05) is 0 Å². The number of Topliss-reactive ketones (excluding diaryl/α,β-unsaturated/α-hetero) is 1. The first kappa shape index (κ1) is 30.0. The number of ether oxygens (including phenoxy) is 3. The number of aliphatic hydroxyl groups is 2. The highest BCUT2D eigenvalue weighted by molar-refractivity contribution is 6.01. The third kappa shape index (κ3) is 3.90. The van der Waals surface area contributed by atoms with Crippen LogP contribution in [-0.4, -0.2) is 63.1 Å². The lowest BCUT2D eigenvalue weighted by Crippen LogP contribution is -2.70. The number of allylic oxidation sites excluding steroid dienone is 4. The molecular formula is C34H35F2NO8. The van der Waals surface area contributed by atoms with Crippen molar-refractivity contribution in [1.82, 2.24) is 0 Å². The molecule has 1 aliphatic heterocycles. The molecular weight excluding hydrogens is 588 g/mol. The first-order chi connectivity index (χ1) is 21.3. The first-order valence-corrected chi connectivity index (χ1v) is 15.1. The standard InChI is InChI=1S/C34H35F2NO8/c1-31-10-9-19(39)12-23(31)24(35)13-22-21-14-29-34(28(42)16-38,32(21,2)15-27(41)33(22,31)36)45-30(44-29)17-3-8-26(25(40)11-17)43-20-6-4-18(37)5-7-20/h3-12,21-22,24,27,29-30,38,40-41H,13-16,37H2,1-2H3/t21?,22-,24-,27-,29+,30+,31-,32-,33-,34+/m0/s1. The zero-order chi connectivity index (χ0) is 32.1. The third-order valence-electron chi connectivity index (χ3n) is 11.3. The zero-order valence-corrected chi connectivity index (χ0v) is 24.8. The van der Waals surface area contributed by atoms with Gasteiger partial charge >= 0.3 is 0 Å². The van der Waals surface area contributed by atoms with Crippen LogP contribution in [0.5, 0.6) is 17.2 Å². The van der Waals surface area contributed by atoms with Crippen molar-refractivity contribution < 1.29 is 47.9 Å². The van der Waals surface area contributed by atoms with E-state index in [-0.39, 0.29) is 36.3 Å². The molecule has 7 rings (SSSR count). The fourth-order valence-electron chi connectivity index (χ4n) is 9.14. The van der Waals surface area contributed by atoms with Gasteiger partial charge < -0.3 is 35.3 Å². The molecule has 1 saturated heterocycles. The van der Waals surface area contributed by atoms with Crippen molar-refractivity contribution in [3.8, 4) is 17.2 Å². The Hall–Kier alpha value is -3.64. The van der Waals surface area contributed by atoms with Crippen molar-refractivity contribution >= 4 is 17.3 Å². The molecule has 5 N–H and O–H groups in total. The number of aromatic hydroxyl groups is 1. The second-order valence-corrected chi connectivity index (χ2v) is 13.4. The molecule has 0 spiro atoms. The highest BCUT2D eigenvalue weighted by atomic mass is 19.1. The van der Waals surface area contributed by atoms with Gasteiger partial charge in [-0.1, -0.05) is 13.0 Å². The number of nitrogens with two attached hydrogens (primary N) is 1. The van der Waals surface area contributed by atoms with E-state index in [1.54, 1.807) is 37.3 Å². The maximum atomic E-state index is 17.5. The predicted octanol–water partition coefficient (Wildman–Crippen LogP) is 4.41. The number of anilines is 1. The summed E-state index contributed by atoms with van der Waals surface area (Å²) in [6.07, 6.45) is -2.11. The van der Waals surface area contributed by atoms with Gasteiger partial charge in [-0.2, -0.15) is 0 Å². The quantitative estimate of drug-likeness (QED) is 0.356. The lowest BCUT2D eigenvalue weighted by Gasteiger charge is -2.63. The third-order valence-corrected chi connectivity index (χ3v) is 11.3. The van der Waals surface area contributed by atoms with Crippen LogP contribution in [-0.2, 0) is 19.1 Å². The van der Waals surface area contributed by atoms with Gasteiger partial charge in [0, 0.05) is 28.0 Å². The van der Waals surface area contributed by atoms with E-state index in [0.29, 0.717) is 17.0 Å². The lowest BCUT2D eigenvalue weighted by atomic mass is 9.44. The maximum Gasteiger partial charge on any atom is 0.193 e. The molecule has 2 aromatic carbocycles. The van der Waals surface area contributed by atoms with E-state index in [9.17, 15) is 24.9 Å². The predicted molar refractivity (Wildman–Crippen MR) is 157 cm³/mol. The van der Waals surface area contributed by atoms with Crippen LogP contribution in [0, 0.1) is 22.7 Å².